The van der Waals surface area contributed by atoms with Gasteiger partial charge in [0.1, 0.15) is 11.6 Å². The number of rotatable bonds is 3. The number of aromatic nitrogens is 2. The van der Waals surface area contributed by atoms with Gasteiger partial charge in [0.2, 0.25) is 0 Å². The molecule has 0 spiro atoms. The van der Waals surface area contributed by atoms with E-state index >= 15 is 0 Å². The first-order valence-corrected chi connectivity index (χ1v) is 4.66. The van der Waals surface area contributed by atoms with E-state index in [9.17, 15) is 19.2 Å². The fraction of sp³-hybridized carbons (Fsp3) is 0.333. The van der Waals surface area contributed by atoms with E-state index in [2.05, 4.69) is 15.0 Å². The maximum Gasteiger partial charge on any atom is 0.328 e. The summed E-state index contributed by atoms with van der Waals surface area (Å²) in [5, 5.41) is 2.25. The average Bonchev–Trinajstić information content (AvgIpc) is 2.27. The summed E-state index contributed by atoms with van der Waals surface area (Å²) in [4.78, 5) is 48.6. The summed E-state index contributed by atoms with van der Waals surface area (Å²) in [6.07, 6.45) is 0.973. The molecule has 0 saturated carbocycles. The Balaban J connectivity index is 2.87. The van der Waals surface area contributed by atoms with Crippen molar-refractivity contribution in [3.05, 3.63) is 32.6 Å². The zero-order chi connectivity index (χ0) is 13.0. The molecule has 92 valence electrons. The van der Waals surface area contributed by atoms with Crippen molar-refractivity contribution in [3.63, 3.8) is 0 Å². The number of amides is 1. The Morgan fingerprint density at radius 3 is 2.59 bits per heavy atom. The zero-order valence-corrected chi connectivity index (χ0v) is 9.20. The van der Waals surface area contributed by atoms with Gasteiger partial charge in [0.05, 0.1) is 7.11 Å². The molecular formula is C9H11N3O5. The van der Waals surface area contributed by atoms with Crippen LogP contribution < -0.4 is 16.6 Å². The van der Waals surface area contributed by atoms with E-state index in [-0.39, 0.29) is 5.56 Å². The SMILES string of the molecule is COC(=O)C(C)NC(=O)c1c[nH]c(=O)[nH]c1=O. The second-order valence-corrected chi connectivity index (χ2v) is 3.20. The lowest BCUT2D eigenvalue weighted by atomic mass is 10.2. The molecule has 1 aromatic heterocycles. The quantitative estimate of drug-likeness (QED) is 0.548. The molecule has 1 atom stereocenters. The molecule has 17 heavy (non-hydrogen) atoms. The smallest absolute Gasteiger partial charge is 0.328 e. The molecule has 0 aliphatic heterocycles. The number of aromatic amines is 2. The van der Waals surface area contributed by atoms with Crippen molar-refractivity contribution in [1.29, 1.82) is 0 Å². The maximum atomic E-state index is 11.5. The third kappa shape index (κ3) is 3.03. The third-order valence-corrected chi connectivity index (χ3v) is 1.97. The number of esters is 1. The van der Waals surface area contributed by atoms with Crippen molar-refractivity contribution < 1.29 is 14.3 Å². The van der Waals surface area contributed by atoms with Crippen molar-refractivity contribution in [2.75, 3.05) is 7.11 Å². The Morgan fingerprint density at radius 1 is 1.41 bits per heavy atom. The van der Waals surface area contributed by atoms with Crippen LogP contribution in [0.25, 0.3) is 0 Å². The standard InChI is InChI=1S/C9H11N3O5/c1-4(8(15)17-2)11-6(13)5-3-10-9(16)12-7(5)14/h3-4H,1-2H3,(H,11,13)(H2,10,12,14,16). The van der Waals surface area contributed by atoms with E-state index in [4.69, 9.17) is 0 Å². The Bertz CT molecular complexity index is 544. The van der Waals surface area contributed by atoms with Gasteiger partial charge in [0.25, 0.3) is 11.5 Å². The number of carbonyl (C=O) groups is 2. The van der Waals surface area contributed by atoms with Gasteiger partial charge in [0.15, 0.2) is 0 Å². The molecule has 3 N–H and O–H groups in total. The zero-order valence-electron chi connectivity index (χ0n) is 9.20. The van der Waals surface area contributed by atoms with E-state index < -0.39 is 29.2 Å². The topological polar surface area (TPSA) is 121 Å². The summed E-state index contributed by atoms with van der Waals surface area (Å²) in [5.74, 6) is -1.42. The Hall–Kier alpha value is -2.38. The van der Waals surface area contributed by atoms with Gasteiger partial charge in [-0.25, -0.2) is 9.59 Å². The minimum atomic E-state index is -0.890. The number of H-pyrrole nitrogens is 2. The van der Waals surface area contributed by atoms with Crippen LogP contribution in [-0.2, 0) is 9.53 Å². The van der Waals surface area contributed by atoms with Crippen LogP contribution in [0.4, 0.5) is 0 Å². The summed E-state index contributed by atoms with van der Waals surface area (Å²) >= 11 is 0. The van der Waals surface area contributed by atoms with Crippen LogP contribution in [0.15, 0.2) is 15.8 Å². The first kappa shape index (κ1) is 12.7. The number of hydrogen-bond acceptors (Lipinski definition) is 5. The third-order valence-electron chi connectivity index (χ3n) is 1.97. The van der Waals surface area contributed by atoms with E-state index in [1.165, 1.54) is 14.0 Å². The van der Waals surface area contributed by atoms with Gasteiger partial charge >= 0.3 is 11.7 Å². The average molecular weight is 241 g/mol. The highest BCUT2D eigenvalue weighted by atomic mass is 16.5. The number of carbonyl (C=O) groups excluding carboxylic acids is 2. The molecule has 0 aliphatic rings. The molecule has 0 saturated heterocycles. The number of hydrogen-bond donors (Lipinski definition) is 3. The Labute approximate surface area is 95.0 Å². The van der Waals surface area contributed by atoms with Crippen molar-refractivity contribution in [1.82, 2.24) is 15.3 Å². The summed E-state index contributed by atoms with van der Waals surface area (Å²) in [7, 11) is 1.18. The Kier molecular flexibility index (Phi) is 3.81. The molecule has 1 aromatic rings. The minimum Gasteiger partial charge on any atom is -0.467 e. The van der Waals surface area contributed by atoms with Crippen molar-refractivity contribution in [2.45, 2.75) is 13.0 Å². The van der Waals surface area contributed by atoms with Crippen molar-refractivity contribution in [2.24, 2.45) is 0 Å². The number of methoxy groups -OCH3 is 1. The first-order valence-electron chi connectivity index (χ1n) is 4.66. The van der Waals surface area contributed by atoms with Gasteiger partial charge in [-0.05, 0) is 6.92 Å². The van der Waals surface area contributed by atoms with Gasteiger partial charge in [-0.3, -0.25) is 14.6 Å². The lowest BCUT2D eigenvalue weighted by Gasteiger charge is -2.10. The highest BCUT2D eigenvalue weighted by Crippen LogP contribution is 1.90. The van der Waals surface area contributed by atoms with Crippen molar-refractivity contribution >= 4 is 11.9 Å². The summed E-state index contributed by atoms with van der Waals surface area (Å²) < 4.78 is 4.40. The molecule has 0 bridgehead atoms. The second-order valence-electron chi connectivity index (χ2n) is 3.20. The van der Waals surface area contributed by atoms with E-state index in [1.54, 1.807) is 0 Å². The van der Waals surface area contributed by atoms with Gasteiger partial charge < -0.3 is 15.0 Å². The predicted octanol–water partition coefficient (Wildman–Crippen LogP) is -1.65. The lowest BCUT2D eigenvalue weighted by molar-refractivity contribution is -0.142. The van der Waals surface area contributed by atoms with Gasteiger partial charge in [0, 0.05) is 6.20 Å². The van der Waals surface area contributed by atoms with Crippen LogP contribution in [-0.4, -0.2) is 35.0 Å². The van der Waals surface area contributed by atoms with Crippen LogP contribution >= 0.6 is 0 Å². The monoisotopic (exact) mass is 241 g/mol. The second kappa shape index (κ2) is 5.10. The van der Waals surface area contributed by atoms with Crippen LogP contribution in [0.1, 0.15) is 17.3 Å². The highest BCUT2D eigenvalue weighted by Gasteiger charge is 2.18. The molecule has 1 unspecified atom stereocenters. The molecule has 1 rings (SSSR count). The van der Waals surface area contributed by atoms with Crippen LogP contribution in [0.3, 0.4) is 0 Å². The summed E-state index contributed by atoms with van der Waals surface area (Å²) in [6.45, 7) is 1.41. The molecule has 1 heterocycles. The van der Waals surface area contributed by atoms with Crippen LogP contribution in [0.2, 0.25) is 0 Å². The normalized spacial score (nSPS) is 11.6. The first-order chi connectivity index (χ1) is 7.95. The molecule has 0 fully saturated rings. The lowest BCUT2D eigenvalue weighted by Crippen LogP contribution is -2.42. The molecule has 8 heteroatoms. The largest absolute Gasteiger partial charge is 0.467 e. The van der Waals surface area contributed by atoms with Gasteiger partial charge in [-0.1, -0.05) is 0 Å². The molecule has 0 aliphatic carbocycles. The molecule has 8 nitrogen and oxygen atoms in total. The van der Waals surface area contributed by atoms with Gasteiger partial charge in [-0.15, -0.1) is 0 Å². The van der Waals surface area contributed by atoms with Crippen LogP contribution in [0, 0.1) is 0 Å². The van der Waals surface area contributed by atoms with E-state index in [0.717, 1.165) is 6.20 Å². The van der Waals surface area contributed by atoms with Crippen molar-refractivity contribution in [3.8, 4) is 0 Å². The maximum absolute atomic E-state index is 11.5. The number of nitrogens with one attached hydrogen (secondary N) is 3. The van der Waals surface area contributed by atoms with Gasteiger partial charge in [-0.2, -0.15) is 0 Å². The Morgan fingerprint density at radius 2 is 2.06 bits per heavy atom. The highest BCUT2D eigenvalue weighted by molar-refractivity contribution is 5.96. The van der Waals surface area contributed by atoms with E-state index in [0.29, 0.717) is 0 Å². The minimum absolute atomic E-state index is 0.291. The molecule has 1 amide bonds. The fourth-order valence-corrected chi connectivity index (χ4v) is 1.09. The summed E-state index contributed by atoms with van der Waals surface area (Å²) in [5.41, 5.74) is -1.84. The predicted molar refractivity (Wildman–Crippen MR) is 56.6 cm³/mol. The molecular weight excluding hydrogens is 230 g/mol. The van der Waals surface area contributed by atoms with E-state index in [1.807, 2.05) is 4.98 Å². The molecule has 0 radical (unpaired) electrons. The fourth-order valence-electron chi connectivity index (χ4n) is 1.09. The summed E-state index contributed by atoms with van der Waals surface area (Å²) in [6, 6.07) is -0.890. The molecule has 0 aromatic carbocycles. The number of ether oxygens (including phenoxy) is 1. The van der Waals surface area contributed by atoms with Crippen LogP contribution in [0.5, 0.6) is 0 Å².